The molecular formula is C24H25NO8. The van der Waals surface area contributed by atoms with Gasteiger partial charge in [0.25, 0.3) is 0 Å². The molecule has 1 heterocycles. The highest BCUT2D eigenvalue weighted by molar-refractivity contribution is 5.89. The highest BCUT2D eigenvalue weighted by Crippen LogP contribution is 2.20. The molecule has 2 N–H and O–H groups in total. The van der Waals surface area contributed by atoms with E-state index in [1.165, 1.54) is 12.1 Å². The first kappa shape index (κ1) is 25.4. The van der Waals surface area contributed by atoms with Gasteiger partial charge in [-0.25, -0.2) is 4.79 Å². The van der Waals surface area contributed by atoms with Gasteiger partial charge in [0, 0.05) is 18.7 Å². The Morgan fingerprint density at radius 3 is 2.27 bits per heavy atom. The number of hydrogen-bond donors (Lipinski definition) is 2. The average molecular weight is 455 g/mol. The summed E-state index contributed by atoms with van der Waals surface area (Å²) in [4.78, 5) is 24.0. The minimum Gasteiger partial charge on any atom is -0.491 e. The van der Waals surface area contributed by atoms with E-state index in [1.807, 2.05) is 6.07 Å². The van der Waals surface area contributed by atoms with Crippen molar-refractivity contribution in [2.24, 2.45) is 0 Å². The van der Waals surface area contributed by atoms with Crippen LogP contribution in [0.5, 0.6) is 11.5 Å². The van der Waals surface area contributed by atoms with E-state index in [4.69, 9.17) is 29.0 Å². The first-order valence-electron chi connectivity index (χ1n) is 10.2. The SMILES string of the molecule is CCO.CCOC(=O)c1cc(=O)c2ccc(OCC(O)COc3ccc(C#N)cc3)cc2o1. The molecule has 2 aromatic carbocycles. The Labute approximate surface area is 190 Å². The molecule has 3 rings (SSSR count). The zero-order valence-electron chi connectivity index (χ0n) is 18.3. The molecule has 3 aromatic rings. The van der Waals surface area contributed by atoms with Crippen LogP contribution >= 0.6 is 0 Å². The molecule has 0 radical (unpaired) electrons. The summed E-state index contributed by atoms with van der Waals surface area (Å²) >= 11 is 0. The normalized spacial score (nSPS) is 11.0. The Kier molecular flexibility index (Phi) is 9.89. The van der Waals surface area contributed by atoms with Crippen molar-refractivity contribution < 1.29 is 33.6 Å². The van der Waals surface area contributed by atoms with Crippen LogP contribution in [0.25, 0.3) is 11.0 Å². The van der Waals surface area contributed by atoms with E-state index >= 15 is 0 Å². The van der Waals surface area contributed by atoms with Gasteiger partial charge in [0.05, 0.1) is 23.6 Å². The van der Waals surface area contributed by atoms with Crippen LogP contribution in [0.1, 0.15) is 30.0 Å². The molecular weight excluding hydrogens is 430 g/mol. The molecule has 1 atom stereocenters. The third kappa shape index (κ3) is 7.64. The van der Waals surface area contributed by atoms with E-state index in [-0.39, 0.29) is 43.2 Å². The number of aliphatic hydroxyl groups excluding tert-OH is 2. The van der Waals surface area contributed by atoms with Gasteiger partial charge in [0.15, 0.2) is 5.43 Å². The molecule has 0 aliphatic heterocycles. The zero-order valence-corrected chi connectivity index (χ0v) is 18.3. The van der Waals surface area contributed by atoms with Crippen LogP contribution in [0, 0.1) is 11.3 Å². The predicted molar refractivity (Wildman–Crippen MR) is 119 cm³/mol. The van der Waals surface area contributed by atoms with Gasteiger partial charge in [-0.3, -0.25) is 4.79 Å². The lowest BCUT2D eigenvalue weighted by Gasteiger charge is -2.14. The fraction of sp³-hybridized carbons (Fsp3) is 0.292. The van der Waals surface area contributed by atoms with Crippen LogP contribution in [-0.2, 0) is 4.74 Å². The van der Waals surface area contributed by atoms with Gasteiger partial charge in [0.1, 0.15) is 36.4 Å². The van der Waals surface area contributed by atoms with Crippen LogP contribution in [-0.4, -0.2) is 48.7 Å². The van der Waals surface area contributed by atoms with Gasteiger partial charge < -0.3 is 28.8 Å². The van der Waals surface area contributed by atoms with E-state index in [9.17, 15) is 14.7 Å². The first-order valence-corrected chi connectivity index (χ1v) is 10.2. The highest BCUT2D eigenvalue weighted by atomic mass is 16.5. The second-order valence-electron chi connectivity index (χ2n) is 6.58. The Morgan fingerprint density at radius 1 is 1.06 bits per heavy atom. The molecule has 174 valence electrons. The third-order valence-corrected chi connectivity index (χ3v) is 4.05. The number of nitriles is 1. The maximum absolute atomic E-state index is 12.2. The molecule has 0 saturated carbocycles. The average Bonchev–Trinajstić information content (AvgIpc) is 2.82. The minimum atomic E-state index is -0.922. The van der Waals surface area contributed by atoms with Gasteiger partial charge in [-0.05, 0) is 50.2 Å². The molecule has 1 unspecified atom stereocenters. The molecule has 9 heteroatoms. The van der Waals surface area contributed by atoms with E-state index in [2.05, 4.69) is 0 Å². The topological polar surface area (TPSA) is 139 Å². The maximum Gasteiger partial charge on any atom is 0.374 e. The summed E-state index contributed by atoms with van der Waals surface area (Å²) in [6, 6.07) is 14.2. The number of fused-ring (bicyclic) bond motifs is 1. The molecule has 0 fully saturated rings. The smallest absolute Gasteiger partial charge is 0.374 e. The Hall–Kier alpha value is -3.87. The van der Waals surface area contributed by atoms with Crippen molar-refractivity contribution in [3.8, 4) is 17.6 Å². The van der Waals surface area contributed by atoms with E-state index in [0.29, 0.717) is 22.4 Å². The molecule has 0 amide bonds. The van der Waals surface area contributed by atoms with Crippen molar-refractivity contribution in [2.75, 3.05) is 26.4 Å². The van der Waals surface area contributed by atoms with Gasteiger partial charge >= 0.3 is 5.97 Å². The lowest BCUT2D eigenvalue weighted by Crippen LogP contribution is -2.25. The van der Waals surface area contributed by atoms with Crippen molar-refractivity contribution in [1.82, 2.24) is 0 Å². The van der Waals surface area contributed by atoms with Gasteiger partial charge in [-0.15, -0.1) is 0 Å². The molecule has 0 saturated heterocycles. The first-order chi connectivity index (χ1) is 15.9. The number of carbonyl (C=O) groups excluding carboxylic acids is 1. The summed E-state index contributed by atoms with van der Waals surface area (Å²) in [6.45, 7) is 3.66. The van der Waals surface area contributed by atoms with Gasteiger partial charge in [-0.2, -0.15) is 5.26 Å². The lowest BCUT2D eigenvalue weighted by atomic mass is 10.2. The summed E-state index contributed by atoms with van der Waals surface area (Å²) in [5, 5.41) is 26.7. The molecule has 0 bridgehead atoms. The molecule has 1 aromatic heterocycles. The van der Waals surface area contributed by atoms with Gasteiger partial charge in [0.2, 0.25) is 5.76 Å². The zero-order chi connectivity index (χ0) is 24.2. The van der Waals surface area contributed by atoms with E-state index < -0.39 is 12.1 Å². The summed E-state index contributed by atoms with van der Waals surface area (Å²) in [5.74, 6) is -0.0448. The number of esters is 1. The van der Waals surface area contributed by atoms with Crippen molar-refractivity contribution in [2.45, 2.75) is 20.0 Å². The van der Waals surface area contributed by atoms with Gasteiger partial charge in [-0.1, -0.05) is 0 Å². The number of hydrogen-bond acceptors (Lipinski definition) is 9. The Balaban J connectivity index is 0.00000122. The summed E-state index contributed by atoms with van der Waals surface area (Å²) < 4.78 is 21.3. The molecule has 0 spiro atoms. The summed E-state index contributed by atoms with van der Waals surface area (Å²) in [5.41, 5.74) is 0.313. The number of nitrogens with zero attached hydrogens (tertiary/aromatic N) is 1. The van der Waals surface area contributed by atoms with Crippen LogP contribution in [0.3, 0.4) is 0 Å². The quantitative estimate of drug-likeness (QED) is 0.491. The standard InChI is InChI=1S/C22H19NO7.C2H6O/c1-2-27-22(26)21-10-19(25)18-8-7-17(9-20(18)30-21)29-13-15(24)12-28-16-5-3-14(11-23)4-6-16;1-2-3/h3-10,15,24H,2,12-13H2,1H3;3H,2H2,1H3. The summed E-state index contributed by atoms with van der Waals surface area (Å²) in [6.07, 6.45) is -0.922. The summed E-state index contributed by atoms with van der Waals surface area (Å²) in [7, 11) is 0. The molecule has 0 aliphatic carbocycles. The van der Waals surface area contributed by atoms with Crippen LogP contribution in [0.15, 0.2) is 57.7 Å². The largest absolute Gasteiger partial charge is 0.491 e. The van der Waals surface area contributed by atoms with E-state index in [0.717, 1.165) is 6.07 Å². The number of benzene rings is 2. The minimum absolute atomic E-state index is 0.0123. The second kappa shape index (κ2) is 12.9. The van der Waals surface area contributed by atoms with Crippen molar-refractivity contribution in [1.29, 1.82) is 5.26 Å². The Morgan fingerprint density at radius 2 is 1.67 bits per heavy atom. The molecule has 33 heavy (non-hydrogen) atoms. The monoisotopic (exact) mass is 455 g/mol. The van der Waals surface area contributed by atoms with Crippen LogP contribution in [0.4, 0.5) is 0 Å². The van der Waals surface area contributed by atoms with Crippen molar-refractivity contribution >= 4 is 16.9 Å². The third-order valence-electron chi connectivity index (χ3n) is 4.05. The molecule has 0 aliphatic rings. The number of aliphatic hydroxyl groups is 2. The number of rotatable bonds is 8. The predicted octanol–water partition coefficient (Wildman–Crippen LogP) is 2.66. The fourth-order valence-electron chi connectivity index (χ4n) is 2.59. The van der Waals surface area contributed by atoms with Crippen LogP contribution < -0.4 is 14.9 Å². The van der Waals surface area contributed by atoms with Crippen molar-refractivity contribution in [3.63, 3.8) is 0 Å². The Bertz CT molecular complexity index is 1150. The number of carbonyl (C=O) groups is 1. The van der Waals surface area contributed by atoms with Crippen LogP contribution in [0.2, 0.25) is 0 Å². The van der Waals surface area contributed by atoms with E-state index in [1.54, 1.807) is 44.2 Å². The molecule has 9 nitrogen and oxygen atoms in total. The highest BCUT2D eigenvalue weighted by Gasteiger charge is 2.14. The second-order valence-corrected chi connectivity index (χ2v) is 6.58. The fourth-order valence-corrected chi connectivity index (χ4v) is 2.59. The maximum atomic E-state index is 12.2. The number of ether oxygens (including phenoxy) is 3. The lowest BCUT2D eigenvalue weighted by molar-refractivity contribution is 0.0490. The van der Waals surface area contributed by atoms with Crippen molar-refractivity contribution in [3.05, 3.63) is 70.1 Å².